The van der Waals surface area contributed by atoms with Gasteiger partial charge < -0.3 is 11.1 Å². The maximum absolute atomic E-state index is 12.5. The van der Waals surface area contributed by atoms with Crippen LogP contribution in [-0.4, -0.2) is 16.9 Å². The van der Waals surface area contributed by atoms with Gasteiger partial charge in [0.2, 0.25) is 0 Å². The van der Waals surface area contributed by atoms with Gasteiger partial charge in [0.1, 0.15) is 6.04 Å². The van der Waals surface area contributed by atoms with E-state index in [9.17, 15) is 9.59 Å². The van der Waals surface area contributed by atoms with Crippen molar-refractivity contribution in [2.45, 2.75) is 12.5 Å². The number of fused-ring (bicyclic) bond motifs is 1. The molecule has 7 heteroatoms. The standard InChI is InChI=1S/C23H20N4O2S/c24-23(29)27-22(28)21(16-6-2-1-3-7-16)25-17-12-10-15(11-13-17)14-20-26-18-8-4-5-9-19(18)30-20/h1-13,21,25H,14H2,(H3,24,27,28,29)/t21-/m1/s1. The number of carbonyl (C=O) groups excluding carboxylic acids is 2. The van der Waals surface area contributed by atoms with Gasteiger partial charge in [0.15, 0.2) is 0 Å². The molecule has 0 unspecified atom stereocenters. The Morgan fingerprint density at radius 2 is 1.63 bits per heavy atom. The van der Waals surface area contributed by atoms with Crippen LogP contribution in [0.15, 0.2) is 78.9 Å². The molecule has 0 aliphatic heterocycles. The van der Waals surface area contributed by atoms with Crippen LogP contribution in [0.3, 0.4) is 0 Å². The lowest BCUT2D eigenvalue weighted by atomic mass is 10.1. The summed E-state index contributed by atoms with van der Waals surface area (Å²) in [6.45, 7) is 0. The van der Waals surface area contributed by atoms with Crippen LogP contribution in [-0.2, 0) is 11.2 Å². The smallest absolute Gasteiger partial charge is 0.318 e. The van der Waals surface area contributed by atoms with Gasteiger partial charge in [-0.05, 0) is 35.4 Å². The Labute approximate surface area is 177 Å². The molecule has 4 aromatic rings. The second-order valence-corrected chi connectivity index (χ2v) is 7.91. The molecule has 150 valence electrons. The molecule has 4 rings (SSSR count). The van der Waals surface area contributed by atoms with E-state index in [0.29, 0.717) is 0 Å². The first-order valence-corrected chi connectivity index (χ1v) is 10.3. The summed E-state index contributed by atoms with van der Waals surface area (Å²) < 4.78 is 1.18. The van der Waals surface area contributed by atoms with Crippen molar-refractivity contribution in [1.29, 1.82) is 0 Å². The quantitative estimate of drug-likeness (QED) is 0.438. The lowest BCUT2D eigenvalue weighted by Gasteiger charge is -2.19. The minimum absolute atomic E-state index is 0.507. The van der Waals surface area contributed by atoms with Crippen LogP contribution in [0, 0.1) is 0 Å². The molecule has 0 fully saturated rings. The first-order valence-electron chi connectivity index (χ1n) is 9.43. The molecule has 1 atom stereocenters. The first kappa shape index (κ1) is 19.6. The van der Waals surface area contributed by atoms with Crippen LogP contribution >= 0.6 is 11.3 Å². The van der Waals surface area contributed by atoms with Crippen LogP contribution < -0.4 is 16.4 Å². The molecule has 0 saturated heterocycles. The van der Waals surface area contributed by atoms with Crippen LogP contribution in [0.2, 0.25) is 0 Å². The molecule has 6 nitrogen and oxygen atoms in total. The van der Waals surface area contributed by atoms with Gasteiger partial charge in [0, 0.05) is 12.1 Å². The highest BCUT2D eigenvalue weighted by molar-refractivity contribution is 7.18. The molecule has 0 saturated carbocycles. The van der Waals surface area contributed by atoms with Crippen LogP contribution in [0.5, 0.6) is 0 Å². The molecule has 0 radical (unpaired) electrons. The van der Waals surface area contributed by atoms with Gasteiger partial charge in [-0.3, -0.25) is 10.1 Å². The largest absolute Gasteiger partial charge is 0.370 e. The molecule has 3 amide bonds. The third-order valence-electron chi connectivity index (χ3n) is 4.60. The molecular weight excluding hydrogens is 396 g/mol. The van der Waals surface area contributed by atoms with E-state index >= 15 is 0 Å². The van der Waals surface area contributed by atoms with E-state index in [0.717, 1.165) is 33.8 Å². The summed E-state index contributed by atoms with van der Waals surface area (Å²) in [7, 11) is 0. The molecule has 4 N–H and O–H groups in total. The second-order valence-electron chi connectivity index (χ2n) is 6.79. The summed E-state index contributed by atoms with van der Waals surface area (Å²) in [6, 6.07) is 23.5. The lowest BCUT2D eigenvalue weighted by molar-refractivity contribution is -0.120. The molecule has 3 aromatic carbocycles. The second kappa shape index (κ2) is 8.75. The third-order valence-corrected chi connectivity index (χ3v) is 5.64. The van der Waals surface area contributed by atoms with Gasteiger partial charge in [-0.25, -0.2) is 9.78 Å². The minimum atomic E-state index is -0.881. The summed E-state index contributed by atoms with van der Waals surface area (Å²) in [5.74, 6) is -0.507. The molecule has 1 heterocycles. The number of hydrogen-bond acceptors (Lipinski definition) is 5. The van der Waals surface area contributed by atoms with E-state index in [1.165, 1.54) is 4.70 Å². The minimum Gasteiger partial charge on any atom is -0.370 e. The summed E-state index contributed by atoms with van der Waals surface area (Å²) in [4.78, 5) is 28.3. The van der Waals surface area contributed by atoms with Crippen LogP contribution in [0.4, 0.5) is 10.5 Å². The Morgan fingerprint density at radius 1 is 0.933 bits per heavy atom. The van der Waals surface area contributed by atoms with Crippen molar-refractivity contribution in [3.63, 3.8) is 0 Å². The number of nitrogens with zero attached hydrogens (tertiary/aromatic N) is 1. The number of rotatable bonds is 6. The third kappa shape index (κ3) is 4.64. The number of urea groups is 1. The van der Waals surface area contributed by atoms with Crippen LogP contribution in [0.25, 0.3) is 10.2 Å². The maximum Gasteiger partial charge on any atom is 0.318 e. The molecule has 30 heavy (non-hydrogen) atoms. The number of anilines is 1. The fourth-order valence-electron chi connectivity index (χ4n) is 3.19. The Kier molecular flexibility index (Phi) is 5.72. The number of amides is 3. The Morgan fingerprint density at radius 3 is 2.33 bits per heavy atom. The number of aromatic nitrogens is 1. The molecule has 0 aliphatic carbocycles. The summed E-state index contributed by atoms with van der Waals surface area (Å²) >= 11 is 1.69. The SMILES string of the molecule is NC(=O)NC(=O)[C@H](Nc1ccc(Cc2nc3ccccc3s2)cc1)c1ccccc1. The van der Waals surface area contributed by atoms with Gasteiger partial charge >= 0.3 is 6.03 Å². The summed E-state index contributed by atoms with van der Waals surface area (Å²) in [5, 5.41) is 6.38. The molecule has 0 bridgehead atoms. The Balaban J connectivity index is 1.50. The topological polar surface area (TPSA) is 97.1 Å². The fraction of sp³-hybridized carbons (Fsp3) is 0.0870. The van der Waals surface area contributed by atoms with Crippen molar-refractivity contribution in [3.05, 3.63) is 95.0 Å². The highest BCUT2D eigenvalue weighted by Gasteiger charge is 2.21. The molecule has 0 aliphatic rings. The van der Waals surface area contributed by atoms with E-state index in [4.69, 9.17) is 5.73 Å². The van der Waals surface area contributed by atoms with Gasteiger partial charge in [-0.1, -0.05) is 54.6 Å². The normalized spacial score (nSPS) is 11.7. The predicted molar refractivity (Wildman–Crippen MR) is 119 cm³/mol. The number of carbonyl (C=O) groups is 2. The average Bonchev–Trinajstić information content (AvgIpc) is 3.15. The van der Waals surface area contributed by atoms with Gasteiger partial charge in [-0.15, -0.1) is 11.3 Å². The summed E-state index contributed by atoms with van der Waals surface area (Å²) in [6.07, 6.45) is 0.740. The molecular formula is C23H20N4O2S. The van der Waals surface area contributed by atoms with E-state index < -0.39 is 18.0 Å². The van der Waals surface area contributed by atoms with Crippen LogP contribution in [0.1, 0.15) is 22.2 Å². The highest BCUT2D eigenvalue weighted by Crippen LogP contribution is 2.25. The first-order chi connectivity index (χ1) is 14.6. The monoisotopic (exact) mass is 416 g/mol. The van der Waals surface area contributed by atoms with Gasteiger partial charge in [0.25, 0.3) is 5.91 Å². The van der Waals surface area contributed by atoms with Crippen molar-refractivity contribution >= 4 is 39.2 Å². The van der Waals surface area contributed by atoms with E-state index in [1.807, 2.05) is 72.8 Å². The number of para-hydroxylation sites is 1. The number of benzene rings is 3. The number of primary amides is 1. The zero-order chi connectivity index (χ0) is 20.9. The number of hydrogen-bond donors (Lipinski definition) is 3. The zero-order valence-electron chi connectivity index (χ0n) is 16.0. The predicted octanol–water partition coefficient (Wildman–Crippen LogP) is 4.24. The van der Waals surface area contributed by atoms with Crippen molar-refractivity contribution in [2.24, 2.45) is 5.73 Å². The highest BCUT2D eigenvalue weighted by atomic mass is 32.1. The molecule has 1 aromatic heterocycles. The maximum atomic E-state index is 12.5. The summed E-state index contributed by atoms with van der Waals surface area (Å²) in [5.41, 5.74) is 8.75. The number of nitrogens with one attached hydrogen (secondary N) is 2. The number of imide groups is 1. The Bertz CT molecular complexity index is 1140. The van der Waals surface area contributed by atoms with Gasteiger partial charge in [0.05, 0.1) is 15.2 Å². The number of thiazole rings is 1. The lowest BCUT2D eigenvalue weighted by Crippen LogP contribution is -2.40. The Hall–Kier alpha value is -3.71. The van der Waals surface area contributed by atoms with Crippen molar-refractivity contribution in [3.8, 4) is 0 Å². The zero-order valence-corrected chi connectivity index (χ0v) is 16.9. The average molecular weight is 417 g/mol. The van der Waals surface area contributed by atoms with Crippen molar-refractivity contribution in [2.75, 3.05) is 5.32 Å². The molecule has 0 spiro atoms. The van der Waals surface area contributed by atoms with E-state index in [-0.39, 0.29) is 0 Å². The van der Waals surface area contributed by atoms with Gasteiger partial charge in [-0.2, -0.15) is 0 Å². The number of nitrogens with two attached hydrogens (primary N) is 1. The van der Waals surface area contributed by atoms with E-state index in [2.05, 4.69) is 21.7 Å². The van der Waals surface area contributed by atoms with Crippen molar-refractivity contribution in [1.82, 2.24) is 10.3 Å². The van der Waals surface area contributed by atoms with Crippen molar-refractivity contribution < 1.29 is 9.59 Å². The van der Waals surface area contributed by atoms with E-state index in [1.54, 1.807) is 11.3 Å². The fourth-order valence-corrected chi connectivity index (χ4v) is 4.20.